The van der Waals surface area contributed by atoms with Gasteiger partial charge in [-0.1, -0.05) is 11.6 Å². The average molecular weight is 286 g/mol. The second kappa shape index (κ2) is 6.69. The maximum absolute atomic E-state index is 11.7. The fourth-order valence-electron chi connectivity index (χ4n) is 1.30. The van der Waals surface area contributed by atoms with Crippen LogP contribution in [0.15, 0.2) is 18.3 Å². The van der Waals surface area contributed by atoms with Gasteiger partial charge in [0.15, 0.2) is 0 Å². The normalized spacial score (nSPS) is 11.6. The highest BCUT2D eigenvalue weighted by Gasteiger charge is 2.21. The van der Waals surface area contributed by atoms with E-state index in [1.54, 1.807) is 0 Å². The van der Waals surface area contributed by atoms with E-state index >= 15 is 0 Å². The van der Waals surface area contributed by atoms with Gasteiger partial charge >= 0.3 is 5.97 Å². The van der Waals surface area contributed by atoms with Crippen LogP contribution < -0.4 is 11.1 Å². The van der Waals surface area contributed by atoms with E-state index in [-0.39, 0.29) is 23.6 Å². The first-order valence-corrected chi connectivity index (χ1v) is 5.71. The predicted molar refractivity (Wildman–Crippen MR) is 66.6 cm³/mol. The summed E-state index contributed by atoms with van der Waals surface area (Å²) in [5, 5.41) is 11.4. The Kier molecular flexibility index (Phi) is 5.25. The van der Waals surface area contributed by atoms with Gasteiger partial charge in [-0.25, -0.2) is 9.78 Å². The van der Waals surface area contributed by atoms with Crippen LogP contribution in [-0.4, -0.2) is 33.9 Å². The smallest absolute Gasteiger partial charge is 0.326 e. The molecule has 1 rings (SSSR count). The van der Waals surface area contributed by atoms with Crippen molar-refractivity contribution in [1.82, 2.24) is 10.3 Å². The molecule has 102 valence electrons. The first kappa shape index (κ1) is 14.9. The van der Waals surface area contributed by atoms with Gasteiger partial charge in [0.25, 0.3) is 5.91 Å². The summed E-state index contributed by atoms with van der Waals surface area (Å²) in [7, 11) is 0. The van der Waals surface area contributed by atoms with Crippen molar-refractivity contribution in [1.29, 1.82) is 0 Å². The quantitative estimate of drug-likeness (QED) is 0.644. The van der Waals surface area contributed by atoms with Crippen LogP contribution in [0.3, 0.4) is 0 Å². The molecule has 19 heavy (non-hydrogen) atoms. The standard InChI is InChI=1S/C11H12ClN3O4/c12-8-3-1-6(5-14-8)10(17)15-7(11(18)19)2-4-9(13)16/h1,3,5,7H,2,4H2,(H2,13,16)(H,15,17)(H,18,19). The molecule has 7 nitrogen and oxygen atoms in total. The lowest BCUT2D eigenvalue weighted by Gasteiger charge is -2.13. The first-order valence-electron chi connectivity index (χ1n) is 5.33. The fraction of sp³-hybridized carbons (Fsp3) is 0.273. The maximum Gasteiger partial charge on any atom is 0.326 e. The van der Waals surface area contributed by atoms with E-state index in [0.717, 1.165) is 0 Å². The molecule has 0 aliphatic heterocycles. The van der Waals surface area contributed by atoms with Crippen LogP contribution >= 0.6 is 11.6 Å². The van der Waals surface area contributed by atoms with Gasteiger partial charge in [-0.05, 0) is 18.6 Å². The molecular formula is C11H12ClN3O4. The average Bonchev–Trinajstić information content (AvgIpc) is 2.34. The van der Waals surface area contributed by atoms with Gasteiger partial charge in [0.2, 0.25) is 5.91 Å². The Hall–Kier alpha value is -2.15. The maximum atomic E-state index is 11.7. The molecular weight excluding hydrogens is 274 g/mol. The third-order valence-corrected chi connectivity index (χ3v) is 2.50. The Labute approximate surface area is 113 Å². The van der Waals surface area contributed by atoms with Crippen molar-refractivity contribution in [2.45, 2.75) is 18.9 Å². The van der Waals surface area contributed by atoms with E-state index < -0.39 is 23.8 Å². The molecule has 0 radical (unpaired) electrons. The number of halogens is 1. The SMILES string of the molecule is NC(=O)CCC(NC(=O)c1ccc(Cl)nc1)C(=O)O. The minimum absolute atomic E-state index is 0.0720. The molecule has 4 N–H and O–H groups in total. The van der Waals surface area contributed by atoms with Crippen LogP contribution in [0.2, 0.25) is 5.15 Å². The number of nitrogens with two attached hydrogens (primary N) is 1. The molecule has 1 aromatic heterocycles. The first-order chi connectivity index (χ1) is 8.90. The number of carboxylic acids is 1. The van der Waals surface area contributed by atoms with E-state index in [0.29, 0.717) is 0 Å². The number of carbonyl (C=O) groups is 3. The number of pyridine rings is 1. The van der Waals surface area contributed by atoms with Gasteiger partial charge in [-0.15, -0.1) is 0 Å². The summed E-state index contributed by atoms with van der Waals surface area (Å²) in [5.41, 5.74) is 5.11. The highest BCUT2D eigenvalue weighted by molar-refractivity contribution is 6.29. The summed E-state index contributed by atoms with van der Waals surface area (Å²) < 4.78 is 0. The molecule has 0 fully saturated rings. The van der Waals surface area contributed by atoms with Crippen molar-refractivity contribution >= 4 is 29.4 Å². The van der Waals surface area contributed by atoms with E-state index in [2.05, 4.69) is 10.3 Å². The topological polar surface area (TPSA) is 122 Å². The monoisotopic (exact) mass is 285 g/mol. The summed E-state index contributed by atoms with van der Waals surface area (Å²) in [5.74, 6) is -2.48. The Morgan fingerprint density at radius 2 is 2.11 bits per heavy atom. The summed E-state index contributed by atoms with van der Waals surface area (Å²) in [4.78, 5) is 37.0. The molecule has 0 aliphatic carbocycles. The molecule has 0 spiro atoms. The van der Waals surface area contributed by atoms with Crippen LogP contribution in [0.5, 0.6) is 0 Å². The van der Waals surface area contributed by atoms with Crippen molar-refractivity contribution in [3.63, 3.8) is 0 Å². The molecule has 1 unspecified atom stereocenters. The zero-order valence-corrected chi connectivity index (χ0v) is 10.6. The number of rotatable bonds is 6. The van der Waals surface area contributed by atoms with Crippen LogP contribution in [0.25, 0.3) is 0 Å². The van der Waals surface area contributed by atoms with Gasteiger partial charge in [0, 0.05) is 12.6 Å². The molecule has 1 aromatic rings. The second-order valence-electron chi connectivity index (χ2n) is 3.74. The third-order valence-electron chi connectivity index (χ3n) is 2.27. The summed E-state index contributed by atoms with van der Waals surface area (Å²) in [6, 6.07) is 1.64. The molecule has 1 heterocycles. The lowest BCUT2D eigenvalue weighted by Crippen LogP contribution is -2.41. The molecule has 0 saturated carbocycles. The largest absolute Gasteiger partial charge is 0.480 e. The molecule has 1 atom stereocenters. The van der Waals surface area contributed by atoms with Crippen molar-refractivity contribution in [2.75, 3.05) is 0 Å². The number of aliphatic carboxylic acids is 1. The van der Waals surface area contributed by atoms with Gasteiger partial charge in [-0.2, -0.15) is 0 Å². The Morgan fingerprint density at radius 3 is 2.58 bits per heavy atom. The van der Waals surface area contributed by atoms with E-state index in [9.17, 15) is 14.4 Å². The Morgan fingerprint density at radius 1 is 1.42 bits per heavy atom. The van der Waals surface area contributed by atoms with E-state index in [1.165, 1.54) is 18.3 Å². The lowest BCUT2D eigenvalue weighted by molar-refractivity contribution is -0.139. The van der Waals surface area contributed by atoms with Gasteiger partial charge in [0.05, 0.1) is 5.56 Å². The zero-order valence-electron chi connectivity index (χ0n) is 9.80. The molecule has 0 aliphatic rings. The van der Waals surface area contributed by atoms with E-state index in [1.807, 2.05) is 0 Å². The Balaban J connectivity index is 2.68. The van der Waals surface area contributed by atoms with E-state index in [4.69, 9.17) is 22.4 Å². The molecule has 0 aromatic carbocycles. The van der Waals surface area contributed by atoms with Gasteiger partial charge in [-0.3, -0.25) is 9.59 Å². The second-order valence-corrected chi connectivity index (χ2v) is 4.13. The number of nitrogens with zero attached hydrogens (tertiary/aromatic N) is 1. The number of carbonyl (C=O) groups excluding carboxylic acids is 2. The van der Waals surface area contributed by atoms with Gasteiger partial charge in [0.1, 0.15) is 11.2 Å². The minimum atomic E-state index is -1.24. The number of carboxylic acid groups (broad SMARTS) is 1. The predicted octanol–water partition coefficient (Wildman–Crippen LogP) is 0.183. The molecule has 0 saturated heterocycles. The van der Waals surface area contributed by atoms with Crippen molar-refractivity contribution < 1.29 is 19.5 Å². The highest BCUT2D eigenvalue weighted by atomic mass is 35.5. The summed E-state index contributed by atoms with van der Waals surface area (Å²) in [6.45, 7) is 0. The number of hydrogen-bond acceptors (Lipinski definition) is 4. The number of amides is 2. The molecule has 0 bridgehead atoms. The van der Waals surface area contributed by atoms with Crippen molar-refractivity contribution in [3.05, 3.63) is 29.0 Å². The number of aromatic nitrogens is 1. The van der Waals surface area contributed by atoms with Crippen molar-refractivity contribution in [3.8, 4) is 0 Å². The number of primary amides is 1. The third kappa shape index (κ3) is 4.92. The van der Waals surface area contributed by atoms with Gasteiger partial charge < -0.3 is 16.2 Å². The molecule has 8 heteroatoms. The van der Waals surface area contributed by atoms with Crippen LogP contribution in [0.4, 0.5) is 0 Å². The summed E-state index contributed by atoms with van der Waals surface area (Å²) in [6.07, 6.45) is 1.03. The summed E-state index contributed by atoms with van der Waals surface area (Å²) >= 11 is 5.57. The van der Waals surface area contributed by atoms with Crippen LogP contribution in [-0.2, 0) is 9.59 Å². The lowest BCUT2D eigenvalue weighted by atomic mass is 10.1. The Bertz CT molecular complexity index is 489. The van der Waals surface area contributed by atoms with Crippen LogP contribution in [0, 0.1) is 0 Å². The van der Waals surface area contributed by atoms with Crippen molar-refractivity contribution in [2.24, 2.45) is 5.73 Å². The fourth-order valence-corrected chi connectivity index (χ4v) is 1.41. The molecule has 2 amide bonds. The number of nitrogens with one attached hydrogen (secondary N) is 1. The highest BCUT2D eigenvalue weighted by Crippen LogP contribution is 2.06. The number of hydrogen-bond donors (Lipinski definition) is 3. The zero-order chi connectivity index (χ0) is 14.4. The minimum Gasteiger partial charge on any atom is -0.480 e. The van der Waals surface area contributed by atoms with Crippen LogP contribution in [0.1, 0.15) is 23.2 Å².